The molecule has 1 saturated heterocycles. The summed E-state index contributed by atoms with van der Waals surface area (Å²) in [6.45, 7) is 7.77. The first-order valence-corrected chi connectivity index (χ1v) is 7.29. The minimum absolute atomic E-state index is 0.225. The summed E-state index contributed by atoms with van der Waals surface area (Å²) in [5, 5.41) is 13.3. The summed E-state index contributed by atoms with van der Waals surface area (Å²) in [6, 6.07) is 6.39. The monoisotopic (exact) mass is 279 g/mol. The van der Waals surface area contributed by atoms with Gasteiger partial charge in [0.15, 0.2) is 0 Å². The van der Waals surface area contributed by atoms with Gasteiger partial charge >= 0.3 is 0 Å². The maximum Gasteiger partial charge on any atom is 0.122 e. The number of hydrogen-bond donors (Lipinski definition) is 2. The van der Waals surface area contributed by atoms with Crippen molar-refractivity contribution in [2.45, 2.75) is 45.4 Å². The molecule has 1 fully saturated rings. The second kappa shape index (κ2) is 7.07. The molecular weight excluding hydrogens is 254 g/mol. The van der Waals surface area contributed by atoms with Crippen LogP contribution in [-0.4, -0.2) is 43.1 Å². The van der Waals surface area contributed by atoms with E-state index in [9.17, 15) is 5.11 Å². The Balaban J connectivity index is 1.73. The van der Waals surface area contributed by atoms with Crippen LogP contribution >= 0.6 is 0 Å². The molecule has 4 heteroatoms. The fourth-order valence-electron chi connectivity index (χ4n) is 2.49. The summed E-state index contributed by atoms with van der Waals surface area (Å²) in [5.41, 5.74) is 2.32. The highest BCUT2D eigenvalue weighted by atomic mass is 16.5. The topological polar surface area (TPSA) is 50.7 Å². The minimum atomic E-state index is -0.511. The van der Waals surface area contributed by atoms with Crippen molar-refractivity contribution in [1.29, 1.82) is 0 Å². The highest BCUT2D eigenvalue weighted by Gasteiger charge is 2.24. The predicted molar refractivity (Wildman–Crippen MR) is 79.2 cm³/mol. The number of hydrogen-bond acceptors (Lipinski definition) is 4. The molecule has 0 aromatic heterocycles. The number of aliphatic hydroxyl groups is 1. The van der Waals surface area contributed by atoms with Crippen molar-refractivity contribution in [3.05, 3.63) is 29.3 Å². The van der Waals surface area contributed by atoms with Crippen LogP contribution in [0.2, 0.25) is 0 Å². The molecule has 1 aliphatic heterocycles. The molecule has 0 spiro atoms. The van der Waals surface area contributed by atoms with Crippen LogP contribution in [0.1, 0.15) is 24.5 Å². The number of ether oxygens (including phenoxy) is 2. The van der Waals surface area contributed by atoms with E-state index in [1.807, 2.05) is 19.1 Å². The van der Waals surface area contributed by atoms with Gasteiger partial charge in [-0.05, 0) is 38.8 Å². The van der Waals surface area contributed by atoms with Gasteiger partial charge in [0.25, 0.3) is 0 Å². The second-order valence-electron chi connectivity index (χ2n) is 5.61. The van der Waals surface area contributed by atoms with Crippen LogP contribution in [0.4, 0.5) is 0 Å². The smallest absolute Gasteiger partial charge is 0.122 e. The van der Waals surface area contributed by atoms with E-state index in [4.69, 9.17) is 9.47 Å². The molecule has 2 rings (SSSR count). The Morgan fingerprint density at radius 1 is 1.45 bits per heavy atom. The Morgan fingerprint density at radius 2 is 2.25 bits per heavy atom. The van der Waals surface area contributed by atoms with Crippen molar-refractivity contribution < 1.29 is 14.6 Å². The molecular formula is C16H25NO3. The van der Waals surface area contributed by atoms with Crippen molar-refractivity contribution >= 4 is 0 Å². The SMILES string of the molecule is Cc1ccc(OCC(O)CNC2CCOC2C)c(C)c1. The molecule has 0 radical (unpaired) electrons. The lowest BCUT2D eigenvalue weighted by Crippen LogP contribution is -2.41. The lowest BCUT2D eigenvalue weighted by atomic mass is 10.1. The van der Waals surface area contributed by atoms with E-state index in [0.717, 1.165) is 24.3 Å². The average molecular weight is 279 g/mol. The van der Waals surface area contributed by atoms with Crippen molar-refractivity contribution in [2.24, 2.45) is 0 Å². The Hall–Kier alpha value is -1.10. The van der Waals surface area contributed by atoms with Gasteiger partial charge in [0.1, 0.15) is 18.5 Å². The second-order valence-corrected chi connectivity index (χ2v) is 5.61. The van der Waals surface area contributed by atoms with E-state index < -0.39 is 6.10 Å². The molecule has 1 aromatic rings. The van der Waals surface area contributed by atoms with Crippen LogP contribution in [0.15, 0.2) is 18.2 Å². The number of benzene rings is 1. The zero-order chi connectivity index (χ0) is 14.5. The van der Waals surface area contributed by atoms with E-state index in [2.05, 4.69) is 25.2 Å². The van der Waals surface area contributed by atoms with E-state index in [1.54, 1.807) is 0 Å². The first kappa shape index (κ1) is 15.3. The van der Waals surface area contributed by atoms with E-state index in [-0.39, 0.29) is 6.10 Å². The van der Waals surface area contributed by atoms with Crippen molar-refractivity contribution in [2.75, 3.05) is 19.8 Å². The van der Waals surface area contributed by atoms with Crippen LogP contribution in [0.3, 0.4) is 0 Å². The van der Waals surface area contributed by atoms with Crippen LogP contribution in [0, 0.1) is 13.8 Å². The zero-order valence-corrected chi connectivity index (χ0v) is 12.6. The quantitative estimate of drug-likeness (QED) is 0.834. The molecule has 0 amide bonds. The molecule has 1 aliphatic rings. The van der Waals surface area contributed by atoms with Gasteiger partial charge in [-0.3, -0.25) is 0 Å². The standard InChI is InChI=1S/C16H25NO3/c1-11-4-5-16(12(2)8-11)20-10-14(18)9-17-15-6-7-19-13(15)3/h4-5,8,13-15,17-18H,6-7,9-10H2,1-3H3. The molecule has 4 nitrogen and oxygen atoms in total. The van der Waals surface area contributed by atoms with Crippen molar-refractivity contribution in [1.82, 2.24) is 5.32 Å². The molecule has 3 unspecified atom stereocenters. The summed E-state index contributed by atoms with van der Waals surface area (Å²) < 4.78 is 11.2. The van der Waals surface area contributed by atoms with Crippen LogP contribution < -0.4 is 10.1 Å². The minimum Gasteiger partial charge on any atom is -0.491 e. The normalized spacial score (nSPS) is 23.8. The van der Waals surface area contributed by atoms with Gasteiger partial charge in [0.2, 0.25) is 0 Å². The average Bonchev–Trinajstić information content (AvgIpc) is 2.81. The summed E-state index contributed by atoms with van der Waals surface area (Å²) in [4.78, 5) is 0. The van der Waals surface area contributed by atoms with Gasteiger partial charge < -0.3 is 19.9 Å². The summed E-state index contributed by atoms with van der Waals surface area (Å²) in [7, 11) is 0. The molecule has 3 atom stereocenters. The van der Waals surface area contributed by atoms with Gasteiger partial charge in [-0.1, -0.05) is 17.7 Å². The maximum atomic E-state index is 9.97. The fourth-order valence-corrected chi connectivity index (χ4v) is 2.49. The number of rotatable bonds is 6. The lowest BCUT2D eigenvalue weighted by Gasteiger charge is -2.19. The molecule has 1 heterocycles. The third-order valence-corrected chi connectivity index (χ3v) is 3.75. The molecule has 0 saturated carbocycles. The number of aliphatic hydroxyl groups excluding tert-OH is 1. The van der Waals surface area contributed by atoms with Crippen molar-refractivity contribution in [3.8, 4) is 5.75 Å². The first-order valence-electron chi connectivity index (χ1n) is 7.29. The number of nitrogens with one attached hydrogen (secondary N) is 1. The van der Waals surface area contributed by atoms with Gasteiger partial charge in [-0.2, -0.15) is 0 Å². The Kier molecular flexibility index (Phi) is 5.40. The summed E-state index contributed by atoms with van der Waals surface area (Å²) in [6.07, 6.45) is 0.720. The molecule has 0 bridgehead atoms. The third kappa shape index (κ3) is 4.20. The Labute approximate surface area is 121 Å². The van der Waals surface area contributed by atoms with Crippen LogP contribution in [0.25, 0.3) is 0 Å². The van der Waals surface area contributed by atoms with Gasteiger partial charge in [-0.25, -0.2) is 0 Å². The third-order valence-electron chi connectivity index (χ3n) is 3.75. The zero-order valence-electron chi connectivity index (χ0n) is 12.6. The Morgan fingerprint density at radius 3 is 2.90 bits per heavy atom. The van der Waals surface area contributed by atoms with E-state index >= 15 is 0 Å². The molecule has 1 aromatic carbocycles. The molecule has 2 N–H and O–H groups in total. The highest BCUT2D eigenvalue weighted by Crippen LogP contribution is 2.18. The van der Waals surface area contributed by atoms with E-state index in [0.29, 0.717) is 19.2 Å². The lowest BCUT2D eigenvalue weighted by molar-refractivity contribution is 0.0895. The predicted octanol–water partition coefficient (Wildman–Crippen LogP) is 1.81. The summed E-state index contributed by atoms with van der Waals surface area (Å²) in [5.74, 6) is 0.840. The van der Waals surface area contributed by atoms with Crippen LogP contribution in [-0.2, 0) is 4.74 Å². The summed E-state index contributed by atoms with van der Waals surface area (Å²) >= 11 is 0. The van der Waals surface area contributed by atoms with Crippen LogP contribution in [0.5, 0.6) is 5.75 Å². The van der Waals surface area contributed by atoms with Gasteiger partial charge in [0.05, 0.1) is 6.10 Å². The van der Waals surface area contributed by atoms with Crippen molar-refractivity contribution in [3.63, 3.8) is 0 Å². The van der Waals surface area contributed by atoms with Gasteiger partial charge in [0, 0.05) is 19.2 Å². The molecule has 20 heavy (non-hydrogen) atoms. The highest BCUT2D eigenvalue weighted by molar-refractivity contribution is 5.35. The largest absolute Gasteiger partial charge is 0.491 e. The number of aryl methyl sites for hydroxylation is 2. The van der Waals surface area contributed by atoms with Gasteiger partial charge in [-0.15, -0.1) is 0 Å². The Bertz CT molecular complexity index is 436. The first-order chi connectivity index (χ1) is 9.56. The fraction of sp³-hybridized carbons (Fsp3) is 0.625. The molecule has 0 aliphatic carbocycles. The van der Waals surface area contributed by atoms with E-state index in [1.165, 1.54) is 5.56 Å². The maximum absolute atomic E-state index is 9.97. The molecule has 112 valence electrons.